The molecule has 0 unspecified atom stereocenters. The SMILES string of the molecule is CC(=O)N1CCC(C(=O)N2CC[C@@H](C)[C@@H](N(C)/C(C)=C3\C=CN=C3N)C2)CC1. The minimum Gasteiger partial charge on any atom is -0.383 e. The number of carbonyl (C=O) groups is 2. The average Bonchev–Trinajstić information content (AvgIpc) is 3.12. The van der Waals surface area contributed by atoms with Crippen LogP contribution in [0.1, 0.15) is 40.0 Å². The van der Waals surface area contributed by atoms with Gasteiger partial charge in [0.15, 0.2) is 0 Å². The molecule has 0 bridgehead atoms. The molecular formula is C21H33N5O2. The van der Waals surface area contributed by atoms with Gasteiger partial charge in [-0.15, -0.1) is 0 Å². The van der Waals surface area contributed by atoms with Crippen molar-refractivity contribution in [2.45, 2.75) is 46.1 Å². The van der Waals surface area contributed by atoms with E-state index in [2.05, 4.69) is 30.8 Å². The molecule has 3 aliphatic rings. The maximum atomic E-state index is 13.1. The van der Waals surface area contributed by atoms with Gasteiger partial charge in [-0.25, -0.2) is 4.99 Å². The van der Waals surface area contributed by atoms with Crippen molar-refractivity contribution in [2.75, 3.05) is 33.2 Å². The minimum absolute atomic E-state index is 0.0370. The lowest BCUT2D eigenvalue weighted by atomic mass is 9.89. The third-order valence-electron chi connectivity index (χ3n) is 6.67. The number of rotatable bonds is 3. The molecule has 0 aromatic rings. The quantitative estimate of drug-likeness (QED) is 0.797. The van der Waals surface area contributed by atoms with Crippen molar-refractivity contribution in [1.82, 2.24) is 14.7 Å². The summed E-state index contributed by atoms with van der Waals surface area (Å²) < 4.78 is 0. The van der Waals surface area contributed by atoms with Crippen LogP contribution in [0.25, 0.3) is 0 Å². The number of nitrogens with two attached hydrogens (primary N) is 1. The zero-order valence-electron chi connectivity index (χ0n) is 17.5. The lowest BCUT2D eigenvalue weighted by molar-refractivity contribution is -0.142. The second kappa shape index (κ2) is 8.37. The van der Waals surface area contributed by atoms with Gasteiger partial charge < -0.3 is 20.4 Å². The van der Waals surface area contributed by atoms with E-state index in [4.69, 9.17) is 5.73 Å². The number of carbonyl (C=O) groups excluding carboxylic acids is 2. The second-order valence-electron chi connectivity index (χ2n) is 8.34. The number of amides is 2. The number of hydrogen-bond donors (Lipinski definition) is 1. The molecule has 3 rings (SSSR count). The van der Waals surface area contributed by atoms with Gasteiger partial charge in [0.05, 0.1) is 0 Å². The fourth-order valence-corrected chi connectivity index (χ4v) is 4.54. The first kappa shape index (κ1) is 20.4. The molecule has 3 heterocycles. The van der Waals surface area contributed by atoms with Crippen LogP contribution in [-0.4, -0.2) is 71.6 Å². The first-order valence-electron chi connectivity index (χ1n) is 10.3. The summed E-state index contributed by atoms with van der Waals surface area (Å²) in [5, 5.41) is 0. The van der Waals surface area contributed by atoms with E-state index in [-0.39, 0.29) is 23.8 Å². The van der Waals surface area contributed by atoms with Crippen LogP contribution in [0.2, 0.25) is 0 Å². The van der Waals surface area contributed by atoms with Crippen molar-refractivity contribution in [1.29, 1.82) is 0 Å². The molecule has 2 saturated heterocycles. The van der Waals surface area contributed by atoms with Gasteiger partial charge in [0.25, 0.3) is 0 Å². The van der Waals surface area contributed by atoms with Crippen LogP contribution < -0.4 is 5.73 Å². The predicted molar refractivity (Wildman–Crippen MR) is 110 cm³/mol. The first-order chi connectivity index (χ1) is 13.3. The summed E-state index contributed by atoms with van der Waals surface area (Å²) in [5.41, 5.74) is 8.06. The molecular weight excluding hydrogens is 354 g/mol. The molecule has 0 saturated carbocycles. The van der Waals surface area contributed by atoms with Crippen LogP contribution in [0.15, 0.2) is 28.5 Å². The van der Waals surface area contributed by atoms with Gasteiger partial charge in [-0.05, 0) is 38.2 Å². The van der Waals surface area contributed by atoms with E-state index in [1.165, 1.54) is 0 Å². The van der Waals surface area contributed by atoms with E-state index >= 15 is 0 Å². The number of likely N-dealkylation sites (N-methyl/N-ethyl adjacent to an activating group) is 1. The van der Waals surface area contributed by atoms with Gasteiger partial charge in [0.1, 0.15) is 5.84 Å². The molecule has 0 aromatic heterocycles. The molecule has 0 radical (unpaired) electrons. The van der Waals surface area contributed by atoms with Gasteiger partial charge in [0, 0.05) is 69.6 Å². The summed E-state index contributed by atoms with van der Waals surface area (Å²) in [6.45, 7) is 8.85. The van der Waals surface area contributed by atoms with Gasteiger partial charge in [-0.2, -0.15) is 0 Å². The van der Waals surface area contributed by atoms with Crippen LogP contribution in [-0.2, 0) is 9.59 Å². The Balaban J connectivity index is 1.66. The van der Waals surface area contributed by atoms with E-state index in [0.717, 1.165) is 43.6 Å². The monoisotopic (exact) mass is 387 g/mol. The highest BCUT2D eigenvalue weighted by atomic mass is 16.2. The Bertz CT molecular complexity index is 718. The van der Waals surface area contributed by atoms with E-state index in [9.17, 15) is 9.59 Å². The van der Waals surface area contributed by atoms with Gasteiger partial charge in [-0.3, -0.25) is 9.59 Å². The smallest absolute Gasteiger partial charge is 0.225 e. The molecule has 2 amide bonds. The summed E-state index contributed by atoms with van der Waals surface area (Å²) >= 11 is 0. The number of nitrogens with zero attached hydrogens (tertiary/aromatic N) is 4. The zero-order valence-corrected chi connectivity index (χ0v) is 17.5. The maximum Gasteiger partial charge on any atom is 0.225 e. The second-order valence-corrected chi connectivity index (χ2v) is 8.34. The lowest BCUT2D eigenvalue weighted by Gasteiger charge is -2.44. The maximum absolute atomic E-state index is 13.1. The number of piperidine rings is 2. The standard InChI is InChI=1S/C21H33N5O2/c1-14-6-10-26(21(28)17-7-11-25(12-8-17)16(3)27)13-19(14)24(4)15(2)18-5-9-23-20(18)22/h5,9,14,17,19H,6-8,10-13H2,1-4H3,(H2,22,23)/b18-15+/t14-,19+/m1/s1. The Morgan fingerprint density at radius 1 is 1.14 bits per heavy atom. The fourth-order valence-electron chi connectivity index (χ4n) is 4.54. The highest BCUT2D eigenvalue weighted by Gasteiger charge is 2.36. The largest absolute Gasteiger partial charge is 0.383 e. The van der Waals surface area contributed by atoms with Crippen LogP contribution in [0.4, 0.5) is 0 Å². The van der Waals surface area contributed by atoms with Crippen LogP contribution in [0, 0.1) is 11.8 Å². The molecule has 2 N–H and O–H groups in total. The van der Waals surface area contributed by atoms with Gasteiger partial charge in [0.2, 0.25) is 11.8 Å². The Kier molecular flexibility index (Phi) is 6.10. The lowest BCUT2D eigenvalue weighted by Crippen LogP contribution is -2.54. The summed E-state index contributed by atoms with van der Waals surface area (Å²) in [7, 11) is 2.09. The Labute approximate surface area is 167 Å². The molecule has 3 aliphatic heterocycles. The number of likely N-dealkylation sites (tertiary alicyclic amines) is 2. The number of allylic oxidation sites excluding steroid dienone is 1. The van der Waals surface area contributed by atoms with Crippen molar-refractivity contribution in [3.63, 3.8) is 0 Å². The normalized spacial score (nSPS) is 27.6. The third kappa shape index (κ3) is 4.08. The van der Waals surface area contributed by atoms with E-state index in [1.807, 2.05) is 15.9 Å². The highest BCUT2D eigenvalue weighted by Crippen LogP contribution is 2.28. The molecule has 28 heavy (non-hydrogen) atoms. The van der Waals surface area contributed by atoms with Crippen molar-refractivity contribution >= 4 is 17.6 Å². The molecule has 0 aliphatic carbocycles. The molecule has 154 valence electrons. The van der Waals surface area contributed by atoms with E-state index in [1.54, 1.807) is 13.1 Å². The summed E-state index contributed by atoms with van der Waals surface area (Å²) in [5.74, 6) is 1.44. The predicted octanol–water partition coefficient (Wildman–Crippen LogP) is 1.57. The van der Waals surface area contributed by atoms with E-state index in [0.29, 0.717) is 24.8 Å². The van der Waals surface area contributed by atoms with Gasteiger partial charge >= 0.3 is 0 Å². The first-order valence-corrected chi connectivity index (χ1v) is 10.3. The Morgan fingerprint density at radius 2 is 1.79 bits per heavy atom. The molecule has 7 nitrogen and oxygen atoms in total. The summed E-state index contributed by atoms with van der Waals surface area (Å²) in [4.78, 5) is 34.9. The highest BCUT2D eigenvalue weighted by molar-refractivity contribution is 6.02. The number of amidine groups is 1. The topological polar surface area (TPSA) is 82.2 Å². The summed E-state index contributed by atoms with van der Waals surface area (Å²) in [6.07, 6.45) is 6.21. The molecule has 2 atom stereocenters. The Hall–Kier alpha value is -2.31. The fraction of sp³-hybridized carbons (Fsp3) is 0.667. The van der Waals surface area contributed by atoms with Crippen molar-refractivity contribution < 1.29 is 9.59 Å². The van der Waals surface area contributed by atoms with Crippen LogP contribution in [0.3, 0.4) is 0 Å². The van der Waals surface area contributed by atoms with Crippen LogP contribution >= 0.6 is 0 Å². The molecule has 7 heteroatoms. The molecule has 0 aromatic carbocycles. The number of aliphatic imine (C=N–C) groups is 1. The van der Waals surface area contributed by atoms with Crippen molar-refractivity contribution in [3.8, 4) is 0 Å². The summed E-state index contributed by atoms with van der Waals surface area (Å²) in [6, 6.07) is 0.254. The molecule has 2 fully saturated rings. The average molecular weight is 388 g/mol. The van der Waals surface area contributed by atoms with Crippen molar-refractivity contribution in [2.24, 2.45) is 22.6 Å². The minimum atomic E-state index is 0.0370. The number of hydrogen-bond acceptors (Lipinski definition) is 5. The van der Waals surface area contributed by atoms with Gasteiger partial charge in [-0.1, -0.05) is 6.92 Å². The third-order valence-corrected chi connectivity index (χ3v) is 6.67. The van der Waals surface area contributed by atoms with Crippen molar-refractivity contribution in [3.05, 3.63) is 23.5 Å². The zero-order chi connectivity index (χ0) is 20.4. The molecule has 0 spiro atoms. The van der Waals surface area contributed by atoms with E-state index < -0.39 is 0 Å². The van der Waals surface area contributed by atoms with Crippen LogP contribution in [0.5, 0.6) is 0 Å². The Morgan fingerprint density at radius 3 is 2.36 bits per heavy atom.